The molecule has 0 unspecified atom stereocenters. The van der Waals surface area contributed by atoms with Gasteiger partial charge in [0.2, 0.25) is 5.88 Å². The molecule has 0 saturated heterocycles. The van der Waals surface area contributed by atoms with Gasteiger partial charge in [-0.05, 0) is 0 Å². The van der Waals surface area contributed by atoms with Crippen LogP contribution in [0.5, 0.6) is 5.88 Å². The van der Waals surface area contributed by atoms with Gasteiger partial charge in [0, 0.05) is 13.1 Å². The van der Waals surface area contributed by atoms with Crippen molar-refractivity contribution in [1.29, 1.82) is 0 Å². The molecule has 0 bridgehead atoms. The molecule has 0 fully saturated rings. The Morgan fingerprint density at radius 1 is 0.697 bits per heavy atom. The molecule has 1 aromatic heterocycles. The summed E-state index contributed by atoms with van der Waals surface area (Å²) in [6, 6.07) is 0.0449. The Kier molecular flexibility index (Phi) is 8.42. The molecular weight excluding hydrogens is 576 g/mol. The van der Waals surface area contributed by atoms with E-state index in [1.165, 1.54) is 0 Å². The van der Waals surface area contributed by atoms with Gasteiger partial charge in [0.25, 0.3) is 0 Å². The third-order valence-electron chi connectivity index (χ3n) is 2.35. The van der Waals surface area contributed by atoms with Crippen LogP contribution in [-0.2, 0) is 47.2 Å². The summed E-state index contributed by atoms with van der Waals surface area (Å²) in [7, 11) is -18.9. The zero-order chi connectivity index (χ0) is 27.1. The third-order valence-corrected chi connectivity index (χ3v) is 5.88. The summed E-state index contributed by atoms with van der Waals surface area (Å²) in [4.78, 5) is 0. The topological polar surface area (TPSA) is 139 Å². The fourth-order valence-electron chi connectivity index (χ4n) is 1.02. The highest BCUT2D eigenvalue weighted by atomic mass is 32.3. The summed E-state index contributed by atoms with van der Waals surface area (Å²) in [5.74, 6) is -1.19. The van der Waals surface area contributed by atoms with Crippen molar-refractivity contribution in [3.63, 3.8) is 0 Å². The number of alkyl halides is 12. The monoisotopic (exact) mass is 580 g/mol. The first kappa shape index (κ1) is 31.0. The predicted molar refractivity (Wildman–Crippen MR) is 74.8 cm³/mol. The van der Waals surface area contributed by atoms with E-state index in [4.69, 9.17) is 0 Å². The second-order valence-corrected chi connectivity index (χ2v) is 9.66. The molecule has 33 heavy (non-hydrogen) atoms. The molecule has 0 atom stereocenters. The molecule has 196 valence electrons. The first-order valence-electron chi connectivity index (χ1n) is 6.51. The van der Waals surface area contributed by atoms with Gasteiger partial charge in [-0.1, -0.05) is 0 Å². The highest BCUT2D eigenvalue weighted by Crippen LogP contribution is 2.33. The Morgan fingerprint density at radius 3 is 1.27 bits per heavy atom. The van der Waals surface area contributed by atoms with Crippen LogP contribution in [0, 0.1) is 0 Å². The van der Waals surface area contributed by atoms with Crippen molar-refractivity contribution in [2.75, 3.05) is 0 Å². The predicted octanol–water partition coefficient (Wildman–Crippen LogP) is 2.37. The van der Waals surface area contributed by atoms with Crippen LogP contribution >= 0.6 is 0 Å². The highest BCUT2D eigenvalue weighted by molar-refractivity contribution is 8.00. The van der Waals surface area contributed by atoms with Crippen LogP contribution in [0.3, 0.4) is 0 Å². The van der Waals surface area contributed by atoms with E-state index in [1.54, 1.807) is 0 Å². The van der Waals surface area contributed by atoms with Crippen LogP contribution in [0.1, 0.15) is 5.69 Å². The molecule has 0 aliphatic heterocycles. The van der Waals surface area contributed by atoms with Gasteiger partial charge in [-0.3, -0.25) is 0 Å². The molecule has 10 nitrogen and oxygen atoms in total. The Hall–Kier alpha value is -2.02. The smallest absolute Gasteiger partial charge is 0.356 e. The first-order valence-corrected chi connectivity index (χ1v) is 10.7. The molecule has 0 radical (unpaired) electrons. The second-order valence-electron chi connectivity index (χ2n) is 4.84. The Morgan fingerprint density at radius 2 is 1.03 bits per heavy atom. The molecule has 0 aliphatic carbocycles. The van der Waals surface area contributed by atoms with Crippen LogP contribution in [0.2, 0.25) is 0 Å². The number of aryl methyl sites for hydroxylation is 1. The molecule has 0 spiro atoms. The second kappa shape index (κ2) is 8.97. The lowest BCUT2D eigenvalue weighted by molar-refractivity contribution is -0.141. The lowest BCUT2D eigenvalue weighted by atomic mass is 10.4. The number of hydrogen-bond donors (Lipinski definition) is 0. The van der Waals surface area contributed by atoms with Crippen molar-refractivity contribution in [3.05, 3.63) is 11.8 Å². The fraction of sp³-hybridized carbons (Fsp3) is 0.625. The van der Waals surface area contributed by atoms with Crippen molar-refractivity contribution >= 4 is 30.4 Å². The summed E-state index contributed by atoms with van der Waals surface area (Å²) in [5.41, 5.74) is -19.8. The number of halogens is 12. The number of rotatable bonds is 4. The van der Waals surface area contributed by atoms with E-state index in [1.807, 2.05) is 3.63 Å². The zero-order valence-corrected chi connectivity index (χ0v) is 16.9. The maximum absolute atomic E-state index is 12.1. The van der Waals surface area contributed by atoms with Gasteiger partial charge in [-0.15, -0.1) is 3.63 Å². The third kappa shape index (κ3) is 8.05. The Labute approximate surface area is 174 Å². The van der Waals surface area contributed by atoms with Gasteiger partial charge in [0.15, 0.2) is 5.69 Å². The van der Waals surface area contributed by atoms with E-state index < -0.39 is 64.6 Å². The number of hydrogen-bond acceptors (Lipinski definition) is 9. The summed E-state index contributed by atoms with van der Waals surface area (Å²) in [6.45, 7) is 0. The SMILES string of the molecule is Cn1nc(C(F)(F)F)cc1OS(=O)(=O)C(F)(F)F.O=S(=O)(OS(=O)(=O)C(F)(F)F)C(F)(F)F. The molecule has 0 amide bonds. The van der Waals surface area contributed by atoms with Gasteiger partial charge >= 0.3 is 53.1 Å². The van der Waals surface area contributed by atoms with Crippen molar-refractivity contribution in [2.45, 2.75) is 22.7 Å². The van der Waals surface area contributed by atoms with Crippen LogP contribution in [0.25, 0.3) is 0 Å². The maximum Gasteiger partial charge on any atom is 0.534 e. The molecule has 0 aliphatic rings. The maximum atomic E-state index is 12.1. The highest BCUT2D eigenvalue weighted by Gasteiger charge is 2.57. The van der Waals surface area contributed by atoms with Crippen molar-refractivity contribution in [2.24, 2.45) is 7.05 Å². The van der Waals surface area contributed by atoms with E-state index in [0.29, 0.717) is 0 Å². The van der Waals surface area contributed by atoms with Crippen LogP contribution in [0.4, 0.5) is 52.7 Å². The average molecular weight is 580 g/mol. The van der Waals surface area contributed by atoms with Gasteiger partial charge in [-0.2, -0.15) is 83.0 Å². The van der Waals surface area contributed by atoms with E-state index >= 15 is 0 Å². The van der Waals surface area contributed by atoms with Crippen molar-refractivity contribution in [1.82, 2.24) is 9.78 Å². The van der Waals surface area contributed by atoms with Gasteiger partial charge < -0.3 is 4.18 Å². The normalized spacial score (nSPS) is 14.5. The lowest BCUT2D eigenvalue weighted by Crippen LogP contribution is -2.34. The number of aromatic nitrogens is 2. The van der Waals surface area contributed by atoms with Crippen molar-refractivity contribution in [3.8, 4) is 5.88 Å². The fourth-order valence-corrected chi connectivity index (χ4v) is 3.06. The summed E-state index contributed by atoms with van der Waals surface area (Å²) >= 11 is 0. The van der Waals surface area contributed by atoms with Gasteiger partial charge in [-0.25, -0.2) is 4.68 Å². The molecular formula is C8H4F12N2O8S3. The average Bonchev–Trinajstić information content (AvgIpc) is 2.84. The van der Waals surface area contributed by atoms with E-state index in [2.05, 4.69) is 9.28 Å². The van der Waals surface area contributed by atoms with Gasteiger partial charge in [0.1, 0.15) is 0 Å². The van der Waals surface area contributed by atoms with E-state index in [0.717, 1.165) is 7.05 Å². The number of nitrogens with zero attached hydrogens (tertiary/aromatic N) is 2. The summed E-state index contributed by atoms with van der Waals surface area (Å²) in [5, 5.41) is 2.78. The van der Waals surface area contributed by atoms with Crippen molar-refractivity contribution < 1.29 is 85.8 Å². The molecule has 25 heteroatoms. The van der Waals surface area contributed by atoms with E-state index in [-0.39, 0.29) is 10.7 Å². The molecule has 1 aromatic rings. The van der Waals surface area contributed by atoms with Crippen LogP contribution in [0.15, 0.2) is 6.07 Å². The minimum atomic E-state index is -6.85. The molecule has 0 saturated carbocycles. The van der Waals surface area contributed by atoms with Gasteiger partial charge in [0.05, 0.1) is 0 Å². The zero-order valence-electron chi connectivity index (χ0n) is 14.5. The summed E-state index contributed by atoms with van der Waals surface area (Å²) < 4.78 is 207. The minimum Gasteiger partial charge on any atom is -0.356 e. The first-order chi connectivity index (χ1) is 14.1. The molecule has 0 aromatic carbocycles. The Balaban J connectivity index is 0.000000633. The summed E-state index contributed by atoms with van der Waals surface area (Å²) in [6.07, 6.45) is -4.93. The molecule has 1 rings (SSSR count). The minimum absolute atomic E-state index is 0.0449. The molecule has 0 N–H and O–H groups in total. The van der Waals surface area contributed by atoms with E-state index in [9.17, 15) is 77.9 Å². The van der Waals surface area contributed by atoms with Crippen LogP contribution < -0.4 is 4.18 Å². The lowest BCUT2D eigenvalue weighted by Gasteiger charge is -2.09. The van der Waals surface area contributed by atoms with Crippen LogP contribution in [-0.4, -0.2) is 51.6 Å². The largest absolute Gasteiger partial charge is 0.534 e. The quantitative estimate of drug-likeness (QED) is 0.299. The Bertz CT molecular complexity index is 1110. The molecule has 1 heterocycles. The standard InChI is InChI=1S/C6H4F6N2O3S.C2F6O5S2/c1-14-4(2-3(13-14)5(7,8)9)17-18(15,16)6(10,11)12;3-1(4,5)14(9,10)13-15(11,12)2(6,7)8/h2H,1H3;.